The molecule has 4 heteroatoms. The van der Waals surface area contributed by atoms with Gasteiger partial charge in [-0.05, 0) is 10.8 Å². The zero-order valence-electron chi connectivity index (χ0n) is 23.0. The third kappa shape index (κ3) is 6.90. The normalized spacial score (nSPS) is 11.3. The number of hydrogen-bond acceptors (Lipinski definition) is 0. The summed E-state index contributed by atoms with van der Waals surface area (Å²) in [6.07, 6.45) is 10.0. The largest absolute Gasteiger partial charge is 0.126 e. The van der Waals surface area contributed by atoms with Crippen molar-refractivity contribution in [3.05, 3.63) is 164 Å². The average molecular weight is 762 g/mol. The van der Waals surface area contributed by atoms with Gasteiger partial charge in [-0.15, -0.1) is 40.1 Å². The summed E-state index contributed by atoms with van der Waals surface area (Å²) in [5, 5.41) is 13.9. The van der Waals surface area contributed by atoms with Crippen molar-refractivity contribution < 1.29 is 47.8 Å². The summed E-state index contributed by atoms with van der Waals surface area (Å²) in [5.41, 5.74) is -0.406. The van der Waals surface area contributed by atoms with Crippen LogP contribution in [-0.4, -0.2) is 5.49 Å². The molecule has 8 rings (SSSR count). The fourth-order valence-electron chi connectivity index (χ4n) is 5.33. The van der Waals surface area contributed by atoms with E-state index in [-0.39, 0.29) is 24.8 Å². The van der Waals surface area contributed by atoms with Gasteiger partial charge in [0.25, 0.3) is 0 Å². The van der Waals surface area contributed by atoms with Crippen LogP contribution in [0, 0.1) is 6.08 Å². The summed E-state index contributed by atoms with van der Waals surface area (Å²) in [6.45, 7) is 0. The molecule has 0 nitrogen and oxygen atoms in total. The van der Waals surface area contributed by atoms with Crippen molar-refractivity contribution in [2.24, 2.45) is 0 Å². The van der Waals surface area contributed by atoms with E-state index in [0.29, 0.717) is 0 Å². The quantitative estimate of drug-likeness (QED) is 0.145. The van der Waals surface area contributed by atoms with E-state index in [2.05, 4.69) is 152 Å². The Kier molecular flexibility index (Phi) is 11.6. The summed E-state index contributed by atoms with van der Waals surface area (Å²) >= 11 is 1.27. The Bertz CT molecular complexity index is 1940. The van der Waals surface area contributed by atoms with Crippen LogP contribution in [-0.2, 0) is 23.0 Å². The van der Waals surface area contributed by atoms with Gasteiger partial charge in [-0.2, -0.15) is 6.08 Å². The SMILES string of the molecule is [C-]1=CC=CC1.[Cl-].[Cl-].[Hf+2]=[Si](c1ccccc1)c1ccccc1.c1ccc2c(c1)[cH-]c1c3ccccc3c3ccccc3c21. The average Bonchev–Trinajstić information content (AvgIpc) is 3.75. The van der Waals surface area contributed by atoms with Crippen LogP contribution in [0.5, 0.6) is 0 Å². The third-order valence-electron chi connectivity index (χ3n) is 7.21. The van der Waals surface area contributed by atoms with Gasteiger partial charge in [-0.3, -0.25) is 6.08 Å². The van der Waals surface area contributed by atoms with E-state index in [0.717, 1.165) is 6.42 Å². The molecule has 0 fully saturated rings. The van der Waals surface area contributed by atoms with Crippen LogP contribution in [0.3, 0.4) is 0 Å². The molecule has 7 aromatic rings. The van der Waals surface area contributed by atoms with Gasteiger partial charge in [0, 0.05) is 0 Å². The summed E-state index contributed by atoms with van der Waals surface area (Å²) in [4.78, 5) is 0. The molecule has 0 N–H and O–H groups in total. The van der Waals surface area contributed by atoms with Crippen molar-refractivity contribution in [2.75, 3.05) is 0 Å². The van der Waals surface area contributed by atoms with Crippen LogP contribution in [0.15, 0.2) is 158 Å². The summed E-state index contributed by atoms with van der Waals surface area (Å²) in [5.74, 6) is 0. The molecule has 1 aliphatic carbocycles. The predicted molar refractivity (Wildman–Crippen MR) is 172 cm³/mol. The third-order valence-corrected chi connectivity index (χ3v) is 15.3. The van der Waals surface area contributed by atoms with Crippen molar-refractivity contribution in [1.82, 2.24) is 0 Å². The van der Waals surface area contributed by atoms with E-state index in [9.17, 15) is 0 Å². The van der Waals surface area contributed by atoms with Gasteiger partial charge in [0.1, 0.15) is 0 Å². The first-order valence-electron chi connectivity index (χ1n) is 13.6. The first kappa shape index (κ1) is 31.8. The maximum absolute atomic E-state index is 2.99. The molecule has 0 spiro atoms. The Morgan fingerprint density at radius 1 is 0.548 bits per heavy atom. The summed E-state index contributed by atoms with van der Waals surface area (Å²) < 4.78 is 0. The van der Waals surface area contributed by atoms with E-state index in [1.54, 1.807) is 0 Å². The minimum Gasteiger partial charge on any atom is -0.126 e. The molecule has 0 saturated carbocycles. The first-order valence-corrected chi connectivity index (χ1v) is 20.5. The Morgan fingerprint density at radius 2 is 1.02 bits per heavy atom. The van der Waals surface area contributed by atoms with Gasteiger partial charge < -0.3 is 24.8 Å². The fourth-order valence-corrected chi connectivity index (χ4v) is 10.3. The second kappa shape index (κ2) is 15.4. The number of hydrogen-bond donors (Lipinski definition) is 0. The van der Waals surface area contributed by atoms with Crippen LogP contribution in [0.2, 0.25) is 0 Å². The van der Waals surface area contributed by atoms with Crippen LogP contribution in [0.25, 0.3) is 43.1 Å². The molecule has 0 saturated heterocycles. The standard InChI is InChI=1S/C21H13.C12H10Si.C5H5.2ClH.Hf/c1-2-8-15-14(7-1)13-20-18-11-4-3-9-16(18)17-10-5-6-12-19(17)21(15)20;1-3-7-11(8-4-1)13-12-9-5-2-6-10-12;1-2-4-5-3-1;;;/h1-13H;1-10H;1-3H,4H2;2*1H;/q-1;;-1;;;+2/p-2. The Hall–Kier alpha value is -3.14. The topological polar surface area (TPSA) is 0 Å². The molecular weight excluding hydrogens is 734 g/mol. The van der Waals surface area contributed by atoms with Gasteiger partial charge in [-0.25, -0.2) is 12.2 Å². The predicted octanol–water partition coefficient (Wildman–Crippen LogP) is 2.67. The molecule has 1 aliphatic rings. The van der Waals surface area contributed by atoms with E-state index < -0.39 is 5.49 Å². The molecule has 0 aliphatic heterocycles. The Balaban J connectivity index is 0.000000168. The molecule has 0 amide bonds. The minimum atomic E-state index is -0.406. The van der Waals surface area contributed by atoms with Crippen LogP contribution in [0.1, 0.15) is 6.42 Å². The molecule has 204 valence electrons. The van der Waals surface area contributed by atoms with E-state index in [4.69, 9.17) is 0 Å². The summed E-state index contributed by atoms with van der Waals surface area (Å²) in [6, 6.07) is 50.3. The number of benzene rings is 6. The van der Waals surface area contributed by atoms with Crippen LogP contribution >= 0.6 is 0 Å². The zero-order chi connectivity index (χ0) is 27.1. The van der Waals surface area contributed by atoms with E-state index in [1.165, 1.54) is 76.5 Å². The molecule has 0 bridgehead atoms. The van der Waals surface area contributed by atoms with E-state index >= 15 is 0 Å². The Morgan fingerprint density at radius 3 is 1.55 bits per heavy atom. The van der Waals surface area contributed by atoms with Crippen molar-refractivity contribution >= 4 is 59.0 Å². The van der Waals surface area contributed by atoms with Gasteiger partial charge in [-0.1, -0.05) is 77.5 Å². The van der Waals surface area contributed by atoms with Crippen molar-refractivity contribution in [2.45, 2.75) is 6.42 Å². The molecule has 0 atom stereocenters. The van der Waals surface area contributed by atoms with Crippen molar-refractivity contribution in [1.29, 1.82) is 0 Å². The summed E-state index contributed by atoms with van der Waals surface area (Å²) in [7, 11) is 0. The van der Waals surface area contributed by atoms with Gasteiger partial charge in [0.2, 0.25) is 0 Å². The second-order valence-corrected chi connectivity index (χ2v) is 17.0. The monoisotopic (exact) mass is 762 g/mol. The van der Waals surface area contributed by atoms with Gasteiger partial charge in [0.15, 0.2) is 0 Å². The maximum Gasteiger partial charge on any atom is -0.0255 e. The molecular formula is C38H28Cl2HfSi-2. The van der Waals surface area contributed by atoms with Crippen LogP contribution < -0.4 is 35.2 Å². The molecule has 0 unspecified atom stereocenters. The van der Waals surface area contributed by atoms with Crippen molar-refractivity contribution in [3.8, 4) is 0 Å². The number of fused-ring (bicyclic) bond motifs is 8. The second-order valence-electron chi connectivity index (χ2n) is 9.72. The van der Waals surface area contributed by atoms with E-state index in [1.807, 2.05) is 12.2 Å². The number of allylic oxidation sites excluding steroid dienone is 4. The van der Waals surface area contributed by atoms with Crippen molar-refractivity contribution in [3.63, 3.8) is 0 Å². The maximum atomic E-state index is 2.99. The molecule has 7 aromatic carbocycles. The zero-order valence-corrected chi connectivity index (χ0v) is 29.1. The first-order chi connectivity index (χ1) is 19.8. The fraction of sp³-hybridized carbons (Fsp3) is 0.0263. The van der Waals surface area contributed by atoms with Crippen LogP contribution in [0.4, 0.5) is 0 Å². The smallest absolute Gasteiger partial charge is 0.0255 e. The number of rotatable bonds is 2. The van der Waals surface area contributed by atoms with Gasteiger partial charge in [0.05, 0.1) is 0 Å². The van der Waals surface area contributed by atoms with Gasteiger partial charge >= 0.3 is 99.5 Å². The molecule has 0 aromatic heterocycles. The minimum absolute atomic E-state index is 0. The molecule has 42 heavy (non-hydrogen) atoms. The Labute approximate surface area is 275 Å². The molecule has 0 heterocycles. The molecule has 0 radical (unpaired) electrons. The number of halogens is 2.